The molecule has 26 heavy (non-hydrogen) atoms. The average molecular weight is 453 g/mol. The molecule has 0 saturated heterocycles. The van der Waals surface area contributed by atoms with Gasteiger partial charge in [-0.15, -0.1) is 11.3 Å². The van der Waals surface area contributed by atoms with Gasteiger partial charge in [-0.2, -0.15) is 0 Å². The third-order valence-corrected chi connectivity index (χ3v) is 6.38. The Morgan fingerprint density at radius 3 is 2.54 bits per heavy atom. The van der Waals surface area contributed by atoms with Gasteiger partial charge >= 0.3 is 0 Å². The quantitative estimate of drug-likeness (QED) is 0.619. The highest BCUT2D eigenvalue weighted by Crippen LogP contribution is 2.25. The molecule has 0 fully saturated rings. The first-order valence-corrected chi connectivity index (χ1v) is 10.5. The van der Waals surface area contributed by atoms with E-state index in [9.17, 15) is 13.2 Å². The number of carbonyl (C=O) groups is 1. The predicted octanol–water partition coefficient (Wildman–Crippen LogP) is 3.13. The maximum atomic E-state index is 13.0. The molecule has 3 rings (SSSR count). The van der Waals surface area contributed by atoms with Crippen LogP contribution in [0.4, 0.5) is 10.9 Å². The summed E-state index contributed by atoms with van der Waals surface area (Å²) in [6, 6.07) is 11.3. The number of nitrogens with one attached hydrogen (secondary N) is 1. The molecule has 134 valence electrons. The first kappa shape index (κ1) is 18.5. The molecule has 0 aliphatic heterocycles. The molecule has 1 aromatic carbocycles. The van der Waals surface area contributed by atoms with Gasteiger partial charge in [-0.1, -0.05) is 18.2 Å². The lowest BCUT2D eigenvalue weighted by atomic mass is 10.4. The van der Waals surface area contributed by atoms with Gasteiger partial charge in [0.2, 0.25) is 5.91 Å². The zero-order valence-electron chi connectivity index (χ0n) is 13.2. The van der Waals surface area contributed by atoms with Crippen LogP contribution in [-0.2, 0) is 14.8 Å². The number of benzene rings is 1. The van der Waals surface area contributed by atoms with E-state index in [4.69, 9.17) is 0 Å². The van der Waals surface area contributed by atoms with Crippen molar-refractivity contribution in [1.82, 2.24) is 9.97 Å². The molecule has 1 amide bonds. The number of halogens is 1. The van der Waals surface area contributed by atoms with Crippen LogP contribution in [0.25, 0.3) is 0 Å². The second-order valence-corrected chi connectivity index (χ2v) is 8.70. The number of pyridine rings is 1. The second-order valence-electron chi connectivity index (χ2n) is 5.05. The number of aromatic nitrogens is 2. The molecule has 3 aromatic rings. The molecule has 2 aromatic heterocycles. The van der Waals surface area contributed by atoms with E-state index in [0.29, 0.717) is 5.82 Å². The van der Waals surface area contributed by atoms with Gasteiger partial charge in [-0.25, -0.2) is 22.7 Å². The Balaban J connectivity index is 1.86. The van der Waals surface area contributed by atoms with Gasteiger partial charge in [0.1, 0.15) is 12.4 Å². The minimum atomic E-state index is -3.93. The maximum Gasteiger partial charge on any atom is 0.266 e. The highest BCUT2D eigenvalue weighted by Gasteiger charge is 2.28. The molecular formula is C16H13BrN4O3S2. The van der Waals surface area contributed by atoms with Crippen molar-refractivity contribution in [2.24, 2.45) is 0 Å². The summed E-state index contributed by atoms with van der Waals surface area (Å²) < 4.78 is 27.7. The lowest BCUT2D eigenvalue weighted by Crippen LogP contribution is -2.38. The van der Waals surface area contributed by atoms with Crippen molar-refractivity contribution in [3.8, 4) is 0 Å². The van der Waals surface area contributed by atoms with E-state index in [2.05, 4.69) is 31.2 Å². The molecule has 0 bridgehead atoms. The Morgan fingerprint density at radius 1 is 1.15 bits per heavy atom. The van der Waals surface area contributed by atoms with Crippen molar-refractivity contribution < 1.29 is 13.2 Å². The Hall–Kier alpha value is -2.30. The number of rotatable bonds is 6. The first-order chi connectivity index (χ1) is 12.5. The van der Waals surface area contributed by atoms with E-state index in [0.717, 1.165) is 20.1 Å². The van der Waals surface area contributed by atoms with Gasteiger partial charge in [0.05, 0.1) is 4.90 Å². The number of amides is 1. The zero-order valence-corrected chi connectivity index (χ0v) is 16.5. The molecule has 2 heterocycles. The number of hydrogen-bond acceptors (Lipinski definition) is 6. The molecule has 0 aliphatic carbocycles. The molecule has 0 atom stereocenters. The van der Waals surface area contributed by atoms with Crippen molar-refractivity contribution >= 4 is 54.1 Å². The lowest BCUT2D eigenvalue weighted by Gasteiger charge is -2.21. The van der Waals surface area contributed by atoms with Crippen LogP contribution in [0.15, 0.2) is 69.6 Å². The Kier molecular flexibility index (Phi) is 5.64. The van der Waals surface area contributed by atoms with E-state index < -0.39 is 22.5 Å². The summed E-state index contributed by atoms with van der Waals surface area (Å²) in [5.74, 6) is -0.191. The van der Waals surface area contributed by atoms with Crippen molar-refractivity contribution in [1.29, 1.82) is 0 Å². The van der Waals surface area contributed by atoms with Crippen LogP contribution in [0, 0.1) is 0 Å². The van der Waals surface area contributed by atoms with Gasteiger partial charge in [0.25, 0.3) is 10.0 Å². The summed E-state index contributed by atoms with van der Waals surface area (Å²) in [7, 11) is -3.93. The summed E-state index contributed by atoms with van der Waals surface area (Å²) in [6.07, 6.45) is 3.02. The molecule has 10 heteroatoms. The van der Waals surface area contributed by atoms with Crippen LogP contribution in [-0.4, -0.2) is 30.8 Å². The number of sulfonamides is 1. The smallest absolute Gasteiger partial charge is 0.266 e. The van der Waals surface area contributed by atoms with Gasteiger partial charge in [0.15, 0.2) is 5.13 Å². The van der Waals surface area contributed by atoms with Crippen LogP contribution in [0.5, 0.6) is 0 Å². The van der Waals surface area contributed by atoms with Crippen LogP contribution < -0.4 is 9.62 Å². The fourth-order valence-corrected chi connectivity index (χ4v) is 4.58. The molecule has 1 N–H and O–H groups in total. The van der Waals surface area contributed by atoms with Gasteiger partial charge in [-0.05, 0) is 40.2 Å². The minimum absolute atomic E-state index is 0.0877. The number of anilines is 2. The van der Waals surface area contributed by atoms with E-state index in [1.54, 1.807) is 35.7 Å². The van der Waals surface area contributed by atoms with E-state index >= 15 is 0 Å². The first-order valence-electron chi connectivity index (χ1n) is 7.35. The molecule has 0 unspecified atom stereocenters. The summed E-state index contributed by atoms with van der Waals surface area (Å²) >= 11 is 4.40. The van der Waals surface area contributed by atoms with Crippen molar-refractivity contribution in [2.75, 3.05) is 16.2 Å². The van der Waals surface area contributed by atoms with Crippen molar-refractivity contribution in [3.05, 3.63) is 64.7 Å². The van der Waals surface area contributed by atoms with E-state index in [1.807, 2.05) is 0 Å². The second kappa shape index (κ2) is 7.94. The minimum Gasteiger partial charge on any atom is -0.309 e. The summed E-state index contributed by atoms with van der Waals surface area (Å²) in [5, 5.41) is 4.45. The molecule has 0 radical (unpaired) electrons. The van der Waals surface area contributed by atoms with Crippen molar-refractivity contribution in [3.63, 3.8) is 0 Å². The normalized spacial score (nSPS) is 11.1. The molecule has 7 nitrogen and oxygen atoms in total. The standard InChI is InChI=1S/C16H13BrN4O3S2/c17-12-6-7-14(19-10-12)20-15(22)11-21(16-18-8-9-25-16)26(23,24)13-4-2-1-3-5-13/h1-10H,11H2,(H,19,20,22). The molecule has 0 saturated carbocycles. The van der Waals surface area contributed by atoms with Crippen LogP contribution in [0.1, 0.15) is 0 Å². The largest absolute Gasteiger partial charge is 0.309 e. The van der Waals surface area contributed by atoms with E-state index in [-0.39, 0.29) is 10.0 Å². The van der Waals surface area contributed by atoms with Crippen LogP contribution >= 0.6 is 27.3 Å². The number of thiazole rings is 1. The summed E-state index contributed by atoms with van der Waals surface area (Å²) in [4.78, 5) is 20.6. The molecule has 0 aliphatic rings. The molecule has 0 spiro atoms. The Morgan fingerprint density at radius 2 is 1.92 bits per heavy atom. The number of carbonyl (C=O) groups excluding carboxylic acids is 1. The Bertz CT molecular complexity index is 978. The lowest BCUT2D eigenvalue weighted by molar-refractivity contribution is -0.114. The van der Waals surface area contributed by atoms with Gasteiger partial charge in [-0.3, -0.25) is 4.79 Å². The van der Waals surface area contributed by atoms with E-state index in [1.165, 1.54) is 24.5 Å². The number of hydrogen-bond donors (Lipinski definition) is 1. The Labute approximate surface area is 162 Å². The monoisotopic (exact) mass is 452 g/mol. The highest BCUT2D eigenvalue weighted by molar-refractivity contribution is 9.10. The average Bonchev–Trinajstić information content (AvgIpc) is 3.16. The fraction of sp³-hybridized carbons (Fsp3) is 0.0625. The summed E-state index contributed by atoms with van der Waals surface area (Å²) in [6.45, 7) is -0.414. The van der Waals surface area contributed by atoms with Crippen LogP contribution in [0.3, 0.4) is 0 Å². The topological polar surface area (TPSA) is 92.3 Å². The SMILES string of the molecule is O=C(CN(c1nccs1)S(=O)(=O)c1ccccc1)Nc1ccc(Br)cn1. The third kappa shape index (κ3) is 4.26. The summed E-state index contributed by atoms with van der Waals surface area (Å²) in [5.41, 5.74) is 0. The predicted molar refractivity (Wildman–Crippen MR) is 104 cm³/mol. The highest BCUT2D eigenvalue weighted by atomic mass is 79.9. The molecular weight excluding hydrogens is 440 g/mol. The van der Waals surface area contributed by atoms with Gasteiger partial charge < -0.3 is 5.32 Å². The van der Waals surface area contributed by atoms with Gasteiger partial charge in [0, 0.05) is 22.2 Å². The fourth-order valence-electron chi connectivity index (χ4n) is 2.08. The van der Waals surface area contributed by atoms with Crippen molar-refractivity contribution in [2.45, 2.75) is 4.90 Å². The number of nitrogens with zero attached hydrogens (tertiary/aromatic N) is 3. The zero-order chi connectivity index (χ0) is 18.6. The third-order valence-electron chi connectivity index (χ3n) is 3.25. The maximum absolute atomic E-state index is 13.0. The van der Waals surface area contributed by atoms with Crippen LogP contribution in [0.2, 0.25) is 0 Å².